The maximum atomic E-state index is 12.8. The smallest absolute Gasteiger partial charge is 0.233 e. The second kappa shape index (κ2) is 5.57. The number of hydrogen-bond acceptors (Lipinski definition) is 3. The van der Waals surface area contributed by atoms with Crippen LogP contribution in [0, 0.1) is 16.7 Å². The van der Waals surface area contributed by atoms with Gasteiger partial charge in [0.05, 0.1) is 11.2 Å². The highest BCUT2D eigenvalue weighted by Gasteiger charge is 2.65. The van der Waals surface area contributed by atoms with Crippen molar-refractivity contribution in [1.82, 2.24) is 0 Å². The molecule has 0 spiro atoms. The number of hydrogen-bond donors (Lipinski definition) is 1. The first-order valence-corrected chi connectivity index (χ1v) is 10.7. The first kappa shape index (κ1) is 18.4. The topological polar surface area (TPSA) is 63.2 Å². The molecule has 2 aliphatic rings. The highest BCUT2D eigenvalue weighted by atomic mass is 32.2. The Morgan fingerprint density at radius 1 is 1.16 bits per heavy atom. The van der Waals surface area contributed by atoms with Crippen molar-refractivity contribution in [1.29, 1.82) is 0 Å². The lowest BCUT2D eigenvalue weighted by molar-refractivity contribution is -0.128. The van der Waals surface area contributed by atoms with E-state index in [1.54, 1.807) is 12.1 Å². The van der Waals surface area contributed by atoms with Crippen molar-refractivity contribution in [2.24, 2.45) is 16.7 Å². The molecule has 2 fully saturated rings. The summed E-state index contributed by atoms with van der Waals surface area (Å²) in [4.78, 5) is 12.6. The van der Waals surface area contributed by atoms with Gasteiger partial charge in [-0.15, -0.1) is 0 Å². The van der Waals surface area contributed by atoms with Gasteiger partial charge in [0, 0.05) is 12.1 Å². The minimum atomic E-state index is -3.59. The van der Waals surface area contributed by atoms with E-state index in [2.05, 4.69) is 39.3 Å². The van der Waals surface area contributed by atoms with Gasteiger partial charge in [-0.25, -0.2) is 8.42 Å². The molecule has 0 aromatic heterocycles. The normalized spacial score (nSPS) is 28.4. The number of nitrogens with one attached hydrogen (secondary N) is 1. The van der Waals surface area contributed by atoms with Crippen LogP contribution in [-0.2, 0) is 20.2 Å². The van der Waals surface area contributed by atoms with Gasteiger partial charge in [0.25, 0.3) is 0 Å². The van der Waals surface area contributed by atoms with E-state index in [4.69, 9.17) is 0 Å². The van der Waals surface area contributed by atoms with Crippen molar-refractivity contribution in [3.05, 3.63) is 29.8 Å². The summed E-state index contributed by atoms with van der Waals surface area (Å²) >= 11 is 0. The Labute approximate surface area is 151 Å². The maximum Gasteiger partial charge on any atom is 0.233 e. The van der Waals surface area contributed by atoms with Crippen LogP contribution in [0.4, 0.5) is 5.69 Å². The Bertz CT molecular complexity index is 787. The van der Waals surface area contributed by atoms with Gasteiger partial charge in [0.2, 0.25) is 10.0 Å². The van der Waals surface area contributed by atoms with Gasteiger partial charge in [-0.3, -0.25) is 9.52 Å². The zero-order chi connectivity index (χ0) is 18.7. The van der Waals surface area contributed by atoms with Crippen molar-refractivity contribution >= 4 is 21.5 Å². The summed E-state index contributed by atoms with van der Waals surface area (Å²) in [5, 5.41) is 0. The average molecular weight is 364 g/mol. The van der Waals surface area contributed by atoms with Crippen LogP contribution >= 0.6 is 0 Å². The highest BCUT2D eigenvalue weighted by molar-refractivity contribution is 7.92. The predicted molar refractivity (Wildman–Crippen MR) is 101 cm³/mol. The van der Waals surface area contributed by atoms with Gasteiger partial charge >= 0.3 is 0 Å². The van der Waals surface area contributed by atoms with Crippen LogP contribution in [0.1, 0.15) is 59.4 Å². The second-order valence-corrected chi connectivity index (χ2v) is 11.1. The van der Waals surface area contributed by atoms with E-state index in [0.717, 1.165) is 12.0 Å². The molecular formula is C20H29NO3S. The minimum absolute atomic E-state index is 0.0233. The molecule has 0 amide bonds. The standard InChI is InChI=1S/C20H29NO3S/c1-18(2,3)14-6-8-16(9-7-14)21-25(23,24)13-20-11-10-15(12-17(20)22)19(20,4)5/h6-9,15,21H,10-13H2,1-5H3/t15-,20-/m1/s1. The summed E-state index contributed by atoms with van der Waals surface area (Å²) in [6, 6.07) is 7.50. The van der Waals surface area contributed by atoms with Gasteiger partial charge in [-0.2, -0.15) is 0 Å². The average Bonchev–Trinajstić information content (AvgIpc) is 2.80. The number of benzene rings is 1. The predicted octanol–water partition coefficient (Wildman–Crippen LogP) is 4.12. The fourth-order valence-corrected chi connectivity index (χ4v) is 6.58. The number of sulfonamides is 1. The number of rotatable bonds is 4. The molecule has 4 nitrogen and oxygen atoms in total. The van der Waals surface area contributed by atoms with Crippen molar-refractivity contribution in [3.63, 3.8) is 0 Å². The minimum Gasteiger partial charge on any atom is -0.299 e. The molecule has 2 atom stereocenters. The van der Waals surface area contributed by atoms with E-state index < -0.39 is 15.4 Å². The summed E-state index contributed by atoms with van der Waals surface area (Å²) in [5.41, 5.74) is 0.765. The third-order valence-electron chi connectivity index (χ3n) is 6.60. The summed E-state index contributed by atoms with van der Waals surface area (Å²) in [6.07, 6.45) is 2.17. The Hall–Kier alpha value is -1.36. The Kier molecular flexibility index (Phi) is 4.10. The number of fused-ring (bicyclic) bond motifs is 2. The maximum absolute atomic E-state index is 12.8. The molecule has 3 rings (SSSR count). The summed E-state index contributed by atoms with van der Waals surface area (Å²) < 4.78 is 28.3. The van der Waals surface area contributed by atoms with Crippen LogP contribution in [0.3, 0.4) is 0 Å². The molecule has 0 aliphatic heterocycles. The monoisotopic (exact) mass is 363 g/mol. The quantitative estimate of drug-likeness (QED) is 0.875. The molecule has 2 saturated carbocycles. The molecule has 2 bridgehead atoms. The third-order valence-corrected chi connectivity index (χ3v) is 8.02. The van der Waals surface area contributed by atoms with Crippen LogP contribution < -0.4 is 4.72 Å². The number of carbonyl (C=O) groups excluding carboxylic acids is 1. The molecule has 0 unspecified atom stereocenters. The zero-order valence-corrected chi connectivity index (χ0v) is 16.7. The number of anilines is 1. The lowest BCUT2D eigenvalue weighted by Gasteiger charge is -2.36. The van der Waals surface area contributed by atoms with E-state index in [1.165, 1.54) is 0 Å². The van der Waals surface area contributed by atoms with E-state index in [0.29, 0.717) is 24.4 Å². The molecule has 2 aliphatic carbocycles. The van der Waals surface area contributed by atoms with Crippen molar-refractivity contribution in [3.8, 4) is 0 Å². The molecule has 0 saturated heterocycles. The van der Waals surface area contributed by atoms with Crippen molar-refractivity contribution in [2.75, 3.05) is 10.5 Å². The van der Waals surface area contributed by atoms with Crippen LogP contribution in [0.25, 0.3) is 0 Å². The number of carbonyl (C=O) groups is 1. The lowest BCUT2D eigenvalue weighted by Crippen LogP contribution is -2.43. The van der Waals surface area contributed by atoms with Crippen molar-refractivity contribution in [2.45, 2.75) is 59.3 Å². The molecule has 1 aromatic rings. The fraction of sp³-hybridized carbons (Fsp3) is 0.650. The van der Waals surface area contributed by atoms with Crippen molar-refractivity contribution < 1.29 is 13.2 Å². The van der Waals surface area contributed by atoms with Crippen LogP contribution in [0.5, 0.6) is 0 Å². The second-order valence-electron chi connectivity index (χ2n) is 9.36. The molecule has 1 N–H and O–H groups in total. The van der Waals surface area contributed by atoms with Crippen LogP contribution in [0.2, 0.25) is 0 Å². The van der Waals surface area contributed by atoms with Crippen LogP contribution in [-0.4, -0.2) is 20.0 Å². The van der Waals surface area contributed by atoms with E-state index in [9.17, 15) is 13.2 Å². The highest BCUT2D eigenvalue weighted by Crippen LogP contribution is 2.64. The fourth-order valence-electron chi connectivity index (χ4n) is 4.69. The Balaban J connectivity index is 1.80. The Morgan fingerprint density at radius 3 is 2.20 bits per heavy atom. The molecular weight excluding hydrogens is 334 g/mol. The van der Waals surface area contributed by atoms with Gasteiger partial charge in [-0.05, 0) is 47.3 Å². The van der Waals surface area contributed by atoms with Crippen LogP contribution in [0.15, 0.2) is 24.3 Å². The largest absolute Gasteiger partial charge is 0.299 e. The SMILES string of the molecule is CC(C)(C)c1ccc(NS(=O)(=O)C[C@]23CC[C@H](CC2=O)C3(C)C)cc1. The number of Topliss-reactive ketones (excluding diaryl/α,β-unsaturated/α-hetero) is 1. The third kappa shape index (κ3) is 3.01. The summed E-state index contributed by atoms with van der Waals surface area (Å²) in [7, 11) is -3.59. The lowest BCUT2D eigenvalue weighted by atomic mass is 9.70. The van der Waals surface area contributed by atoms with Gasteiger partial charge in [0.1, 0.15) is 5.78 Å². The molecule has 1 aromatic carbocycles. The Morgan fingerprint density at radius 2 is 1.76 bits per heavy atom. The zero-order valence-electron chi connectivity index (χ0n) is 15.8. The first-order valence-electron chi connectivity index (χ1n) is 9.02. The molecule has 5 heteroatoms. The first-order chi connectivity index (χ1) is 11.4. The van der Waals surface area contributed by atoms with E-state index in [-0.39, 0.29) is 22.4 Å². The summed E-state index contributed by atoms with van der Waals surface area (Å²) in [5.74, 6) is 0.340. The van der Waals surface area contributed by atoms with E-state index >= 15 is 0 Å². The van der Waals surface area contributed by atoms with E-state index in [1.807, 2.05) is 12.1 Å². The van der Waals surface area contributed by atoms with Gasteiger partial charge in [-0.1, -0.05) is 46.8 Å². The van der Waals surface area contributed by atoms with Gasteiger partial charge in [0.15, 0.2) is 0 Å². The molecule has 0 radical (unpaired) electrons. The van der Waals surface area contributed by atoms with Gasteiger partial charge < -0.3 is 0 Å². The molecule has 138 valence electrons. The number of ketones is 1. The molecule has 25 heavy (non-hydrogen) atoms. The molecule has 0 heterocycles. The summed E-state index contributed by atoms with van der Waals surface area (Å²) in [6.45, 7) is 10.5.